The van der Waals surface area contributed by atoms with Gasteiger partial charge in [-0.3, -0.25) is 0 Å². The molecule has 0 bridgehead atoms. The highest BCUT2D eigenvalue weighted by molar-refractivity contribution is 9.10. The zero-order chi connectivity index (χ0) is 9.84. The highest BCUT2D eigenvalue weighted by atomic mass is 79.9. The van der Waals surface area contributed by atoms with Crippen LogP contribution in [0.5, 0.6) is 0 Å². The maximum Gasteiger partial charge on any atom is 0.0449 e. The van der Waals surface area contributed by atoms with Gasteiger partial charge in [0.1, 0.15) is 0 Å². The first kappa shape index (κ1) is 10.7. The van der Waals surface area contributed by atoms with Gasteiger partial charge in [0.05, 0.1) is 0 Å². The maximum absolute atomic E-state index is 8.75. The minimum atomic E-state index is -0.0834. The molecule has 0 aliphatic rings. The zero-order valence-corrected chi connectivity index (χ0v) is 9.21. The molecule has 0 spiro atoms. The fourth-order valence-corrected chi connectivity index (χ4v) is 2.01. The molecule has 0 aromatic heterocycles. The largest absolute Gasteiger partial charge is 0.396 e. The molecule has 1 atom stereocenters. The molecule has 1 aromatic rings. The molecule has 72 valence electrons. The van der Waals surface area contributed by atoms with Gasteiger partial charge in [-0.25, -0.2) is 0 Å². The summed E-state index contributed by atoms with van der Waals surface area (Å²) in [4.78, 5) is 0. The first-order valence-corrected chi connectivity index (χ1v) is 5.07. The third-order valence-corrected chi connectivity index (χ3v) is 2.68. The Bertz CT molecular complexity index is 288. The average Bonchev–Trinajstić information content (AvgIpc) is 2.04. The van der Waals surface area contributed by atoms with Crippen molar-refractivity contribution in [2.45, 2.75) is 19.4 Å². The van der Waals surface area contributed by atoms with Gasteiger partial charge in [-0.05, 0) is 30.5 Å². The van der Waals surface area contributed by atoms with Gasteiger partial charge in [0.2, 0.25) is 0 Å². The first-order chi connectivity index (χ1) is 6.15. The van der Waals surface area contributed by atoms with E-state index < -0.39 is 0 Å². The van der Waals surface area contributed by atoms with Crippen molar-refractivity contribution < 1.29 is 5.11 Å². The number of halogens is 1. The number of aryl methyl sites for hydroxylation is 1. The van der Waals surface area contributed by atoms with E-state index in [1.165, 1.54) is 5.56 Å². The number of rotatable bonds is 3. The Morgan fingerprint density at radius 1 is 1.54 bits per heavy atom. The second-order valence-electron chi connectivity index (χ2n) is 3.14. The lowest BCUT2D eigenvalue weighted by Gasteiger charge is -2.12. The normalized spacial score (nSPS) is 12.9. The summed E-state index contributed by atoms with van der Waals surface area (Å²) >= 11 is 3.46. The van der Waals surface area contributed by atoms with E-state index in [-0.39, 0.29) is 12.6 Å². The highest BCUT2D eigenvalue weighted by Crippen LogP contribution is 2.24. The Labute approximate surface area is 86.9 Å². The Kier molecular flexibility index (Phi) is 3.90. The summed E-state index contributed by atoms with van der Waals surface area (Å²) < 4.78 is 1.02. The molecule has 0 saturated carbocycles. The summed E-state index contributed by atoms with van der Waals surface area (Å²) in [7, 11) is 0. The summed E-state index contributed by atoms with van der Waals surface area (Å²) in [5, 5.41) is 8.75. The zero-order valence-electron chi connectivity index (χ0n) is 7.63. The topological polar surface area (TPSA) is 46.2 Å². The van der Waals surface area contributed by atoms with Crippen LogP contribution in [0.2, 0.25) is 0 Å². The Morgan fingerprint density at radius 2 is 2.23 bits per heavy atom. The Morgan fingerprint density at radius 3 is 2.77 bits per heavy atom. The van der Waals surface area contributed by atoms with E-state index in [0.717, 1.165) is 10.0 Å². The van der Waals surface area contributed by atoms with Gasteiger partial charge >= 0.3 is 0 Å². The molecule has 1 unspecified atom stereocenters. The number of hydrogen-bond acceptors (Lipinski definition) is 2. The minimum absolute atomic E-state index is 0.0834. The van der Waals surface area contributed by atoms with Gasteiger partial charge in [0.15, 0.2) is 0 Å². The average molecular weight is 244 g/mol. The number of nitrogens with two attached hydrogens (primary N) is 1. The van der Waals surface area contributed by atoms with Crippen LogP contribution < -0.4 is 5.73 Å². The molecular formula is C10H14BrNO. The predicted octanol–water partition coefficient (Wildman–Crippen LogP) is 2.14. The predicted molar refractivity (Wildman–Crippen MR) is 57.5 cm³/mol. The second-order valence-corrected chi connectivity index (χ2v) is 4.00. The number of aliphatic hydroxyl groups excluding tert-OH is 1. The number of benzene rings is 1. The van der Waals surface area contributed by atoms with E-state index >= 15 is 0 Å². The first-order valence-electron chi connectivity index (χ1n) is 4.27. The van der Waals surface area contributed by atoms with Gasteiger partial charge in [0.25, 0.3) is 0 Å². The summed E-state index contributed by atoms with van der Waals surface area (Å²) in [5.41, 5.74) is 8.12. The summed E-state index contributed by atoms with van der Waals surface area (Å²) in [6, 6.07) is 5.98. The van der Waals surface area contributed by atoms with Gasteiger partial charge < -0.3 is 10.8 Å². The fraction of sp³-hybridized carbons (Fsp3) is 0.400. The van der Waals surface area contributed by atoms with Crippen molar-refractivity contribution in [3.63, 3.8) is 0 Å². The molecular weight excluding hydrogens is 230 g/mol. The molecule has 0 amide bonds. The molecule has 1 aromatic carbocycles. The van der Waals surface area contributed by atoms with Crippen LogP contribution in [-0.2, 0) is 0 Å². The molecule has 2 nitrogen and oxygen atoms in total. The highest BCUT2D eigenvalue weighted by Gasteiger charge is 2.08. The van der Waals surface area contributed by atoms with Crippen molar-refractivity contribution in [2.75, 3.05) is 6.61 Å². The molecule has 1 rings (SSSR count). The summed E-state index contributed by atoms with van der Waals surface area (Å²) in [6.45, 7) is 2.16. The molecule has 0 heterocycles. The minimum Gasteiger partial charge on any atom is -0.396 e. The van der Waals surface area contributed by atoms with E-state index in [1.807, 2.05) is 25.1 Å². The number of hydrogen-bond donors (Lipinski definition) is 2. The van der Waals surface area contributed by atoms with Gasteiger partial charge in [-0.1, -0.05) is 28.1 Å². The van der Waals surface area contributed by atoms with Crippen molar-refractivity contribution in [2.24, 2.45) is 5.73 Å². The smallest absolute Gasteiger partial charge is 0.0449 e. The van der Waals surface area contributed by atoms with Crippen molar-refractivity contribution >= 4 is 15.9 Å². The molecule has 0 aliphatic heterocycles. The van der Waals surface area contributed by atoms with Crippen LogP contribution in [0.3, 0.4) is 0 Å². The Balaban J connectivity index is 2.88. The molecule has 0 aliphatic carbocycles. The van der Waals surface area contributed by atoms with Crippen LogP contribution in [0, 0.1) is 6.92 Å². The fourth-order valence-electron chi connectivity index (χ4n) is 1.23. The monoisotopic (exact) mass is 243 g/mol. The molecule has 3 N–H and O–H groups in total. The third-order valence-electron chi connectivity index (χ3n) is 2.00. The van der Waals surface area contributed by atoms with Crippen LogP contribution in [0.4, 0.5) is 0 Å². The maximum atomic E-state index is 8.75. The lowest BCUT2D eigenvalue weighted by atomic mass is 10.0. The van der Waals surface area contributed by atoms with Crippen molar-refractivity contribution in [3.05, 3.63) is 33.8 Å². The van der Waals surface area contributed by atoms with Gasteiger partial charge in [-0.15, -0.1) is 0 Å². The molecule has 13 heavy (non-hydrogen) atoms. The standard InChI is InChI=1S/C10H14BrNO/c1-7-2-3-8(9(11)6-7)10(12)4-5-13/h2-3,6,10,13H,4-5,12H2,1H3. The van der Waals surface area contributed by atoms with E-state index in [0.29, 0.717) is 6.42 Å². The molecule has 3 heteroatoms. The van der Waals surface area contributed by atoms with Gasteiger partial charge in [-0.2, -0.15) is 0 Å². The van der Waals surface area contributed by atoms with Crippen LogP contribution in [0.15, 0.2) is 22.7 Å². The quantitative estimate of drug-likeness (QED) is 0.855. The lowest BCUT2D eigenvalue weighted by molar-refractivity contribution is 0.276. The summed E-state index contributed by atoms with van der Waals surface area (Å²) in [6.07, 6.45) is 0.599. The van der Waals surface area contributed by atoms with E-state index in [9.17, 15) is 0 Å². The van der Waals surface area contributed by atoms with Crippen LogP contribution in [0.1, 0.15) is 23.6 Å². The van der Waals surface area contributed by atoms with Crippen molar-refractivity contribution in [1.82, 2.24) is 0 Å². The van der Waals surface area contributed by atoms with Gasteiger partial charge in [0, 0.05) is 17.1 Å². The van der Waals surface area contributed by atoms with E-state index in [4.69, 9.17) is 10.8 Å². The number of aliphatic hydroxyl groups is 1. The van der Waals surface area contributed by atoms with E-state index in [2.05, 4.69) is 15.9 Å². The molecule has 0 saturated heterocycles. The third kappa shape index (κ3) is 2.79. The summed E-state index contributed by atoms with van der Waals surface area (Å²) in [5.74, 6) is 0. The van der Waals surface area contributed by atoms with Crippen molar-refractivity contribution in [1.29, 1.82) is 0 Å². The van der Waals surface area contributed by atoms with Crippen LogP contribution >= 0.6 is 15.9 Å². The Hall–Kier alpha value is -0.380. The SMILES string of the molecule is Cc1ccc(C(N)CCO)c(Br)c1. The molecule has 0 radical (unpaired) electrons. The molecule has 0 fully saturated rings. The van der Waals surface area contributed by atoms with Crippen LogP contribution in [-0.4, -0.2) is 11.7 Å². The van der Waals surface area contributed by atoms with Crippen molar-refractivity contribution in [3.8, 4) is 0 Å². The van der Waals surface area contributed by atoms with Crippen LogP contribution in [0.25, 0.3) is 0 Å². The van der Waals surface area contributed by atoms with E-state index in [1.54, 1.807) is 0 Å². The second kappa shape index (κ2) is 4.74. The lowest BCUT2D eigenvalue weighted by Crippen LogP contribution is -2.12.